The van der Waals surface area contributed by atoms with Gasteiger partial charge < -0.3 is 15.2 Å². The van der Waals surface area contributed by atoms with Gasteiger partial charge >= 0.3 is 5.97 Å². The summed E-state index contributed by atoms with van der Waals surface area (Å²) in [5, 5.41) is 11.3. The van der Waals surface area contributed by atoms with E-state index in [1.807, 2.05) is 0 Å². The quantitative estimate of drug-likeness (QED) is 0.288. The zero-order valence-corrected chi connectivity index (χ0v) is 7.85. The summed E-state index contributed by atoms with van der Waals surface area (Å²) >= 11 is 3.99. The standard InChI is InChI=1S/C7H15NO3S/c9-4-5-11-7(10)1-2-8-3-6-12/h8-9,12H,1-6H2. The topological polar surface area (TPSA) is 58.6 Å². The molecule has 0 atom stereocenters. The molecule has 0 aliphatic heterocycles. The van der Waals surface area contributed by atoms with E-state index >= 15 is 0 Å². The van der Waals surface area contributed by atoms with E-state index in [2.05, 4.69) is 22.7 Å². The summed E-state index contributed by atoms with van der Waals surface area (Å²) in [5.41, 5.74) is 0. The van der Waals surface area contributed by atoms with Crippen molar-refractivity contribution in [2.45, 2.75) is 6.42 Å². The summed E-state index contributed by atoms with van der Waals surface area (Å²) in [4.78, 5) is 10.8. The molecule has 5 heteroatoms. The largest absolute Gasteiger partial charge is 0.463 e. The third kappa shape index (κ3) is 7.84. The lowest BCUT2D eigenvalue weighted by molar-refractivity contribution is -0.144. The van der Waals surface area contributed by atoms with Crippen molar-refractivity contribution in [1.82, 2.24) is 5.32 Å². The normalized spacial score (nSPS) is 9.83. The smallest absolute Gasteiger partial charge is 0.307 e. The van der Waals surface area contributed by atoms with E-state index in [9.17, 15) is 4.79 Å². The zero-order valence-electron chi connectivity index (χ0n) is 6.95. The predicted molar refractivity (Wildman–Crippen MR) is 49.4 cm³/mol. The number of esters is 1. The van der Waals surface area contributed by atoms with E-state index < -0.39 is 0 Å². The summed E-state index contributed by atoms with van der Waals surface area (Å²) < 4.78 is 4.62. The third-order valence-electron chi connectivity index (χ3n) is 1.15. The second-order valence-corrected chi connectivity index (χ2v) is 2.61. The number of rotatable bonds is 7. The fraction of sp³-hybridized carbons (Fsp3) is 0.857. The van der Waals surface area contributed by atoms with Crippen LogP contribution in [0.2, 0.25) is 0 Å². The lowest BCUT2D eigenvalue weighted by Gasteiger charge is -2.03. The van der Waals surface area contributed by atoms with Gasteiger partial charge in [0.1, 0.15) is 6.61 Å². The molecule has 0 rings (SSSR count). The molecule has 0 heterocycles. The molecule has 4 nitrogen and oxygen atoms in total. The van der Waals surface area contributed by atoms with E-state index in [1.54, 1.807) is 0 Å². The van der Waals surface area contributed by atoms with Crippen molar-refractivity contribution in [2.24, 2.45) is 0 Å². The maximum Gasteiger partial charge on any atom is 0.307 e. The molecule has 72 valence electrons. The Balaban J connectivity index is 3.08. The number of aliphatic hydroxyl groups excluding tert-OH is 1. The molecule has 0 bridgehead atoms. The summed E-state index contributed by atoms with van der Waals surface area (Å²) in [5.74, 6) is 0.474. The van der Waals surface area contributed by atoms with Crippen molar-refractivity contribution in [3.05, 3.63) is 0 Å². The number of hydrogen-bond acceptors (Lipinski definition) is 5. The highest BCUT2D eigenvalue weighted by molar-refractivity contribution is 7.80. The maximum absolute atomic E-state index is 10.8. The number of ether oxygens (including phenoxy) is 1. The Bertz CT molecular complexity index is 121. The van der Waals surface area contributed by atoms with Crippen molar-refractivity contribution in [2.75, 3.05) is 32.1 Å². The van der Waals surface area contributed by atoms with Crippen molar-refractivity contribution >= 4 is 18.6 Å². The Morgan fingerprint density at radius 1 is 1.50 bits per heavy atom. The van der Waals surface area contributed by atoms with Gasteiger partial charge in [0.25, 0.3) is 0 Å². The molecule has 0 aromatic carbocycles. The van der Waals surface area contributed by atoms with E-state index in [4.69, 9.17) is 5.11 Å². The van der Waals surface area contributed by atoms with Crippen LogP contribution in [0, 0.1) is 0 Å². The van der Waals surface area contributed by atoms with E-state index in [-0.39, 0.29) is 19.2 Å². The van der Waals surface area contributed by atoms with Crippen LogP contribution in [0.3, 0.4) is 0 Å². The van der Waals surface area contributed by atoms with Crippen LogP contribution >= 0.6 is 12.6 Å². The first kappa shape index (κ1) is 11.7. The van der Waals surface area contributed by atoms with E-state index in [0.717, 1.165) is 12.3 Å². The molecule has 0 aromatic rings. The number of hydrogen-bond donors (Lipinski definition) is 3. The van der Waals surface area contributed by atoms with Crippen LogP contribution in [-0.4, -0.2) is 43.1 Å². The summed E-state index contributed by atoms with van der Waals surface area (Å²) in [6.45, 7) is 1.36. The zero-order chi connectivity index (χ0) is 9.23. The molecule has 12 heavy (non-hydrogen) atoms. The Labute approximate surface area is 77.7 Å². The van der Waals surface area contributed by atoms with Gasteiger partial charge in [0.05, 0.1) is 13.0 Å². The van der Waals surface area contributed by atoms with Gasteiger partial charge in [-0.15, -0.1) is 0 Å². The number of aliphatic hydroxyl groups is 1. The van der Waals surface area contributed by atoms with Gasteiger partial charge in [0, 0.05) is 18.8 Å². The average Bonchev–Trinajstić information content (AvgIpc) is 2.09. The lowest BCUT2D eigenvalue weighted by Crippen LogP contribution is -2.21. The minimum absolute atomic E-state index is 0.0887. The fourth-order valence-electron chi connectivity index (χ4n) is 0.626. The van der Waals surface area contributed by atoms with Gasteiger partial charge in [-0.1, -0.05) is 0 Å². The van der Waals surface area contributed by atoms with Crippen molar-refractivity contribution < 1.29 is 14.6 Å². The Morgan fingerprint density at radius 2 is 2.25 bits per heavy atom. The number of thiol groups is 1. The van der Waals surface area contributed by atoms with Gasteiger partial charge in [0.15, 0.2) is 0 Å². The van der Waals surface area contributed by atoms with E-state index in [1.165, 1.54) is 0 Å². The molecule has 2 N–H and O–H groups in total. The summed E-state index contributed by atoms with van der Waals surface area (Å²) in [6, 6.07) is 0. The van der Waals surface area contributed by atoms with Gasteiger partial charge in [-0.25, -0.2) is 0 Å². The molecular formula is C7H15NO3S. The second kappa shape index (κ2) is 8.83. The fourth-order valence-corrected chi connectivity index (χ4v) is 0.784. The minimum Gasteiger partial charge on any atom is -0.463 e. The molecular weight excluding hydrogens is 178 g/mol. The van der Waals surface area contributed by atoms with Crippen molar-refractivity contribution in [3.8, 4) is 0 Å². The number of carbonyl (C=O) groups excluding carboxylic acids is 1. The third-order valence-corrected chi connectivity index (χ3v) is 1.37. The minimum atomic E-state index is -0.282. The molecule has 0 aromatic heterocycles. The molecule has 0 radical (unpaired) electrons. The molecule has 0 unspecified atom stereocenters. The van der Waals surface area contributed by atoms with Crippen LogP contribution in [0.1, 0.15) is 6.42 Å². The SMILES string of the molecule is O=C(CCNCCS)OCCO. The van der Waals surface area contributed by atoms with Gasteiger partial charge in [0.2, 0.25) is 0 Å². The van der Waals surface area contributed by atoms with Gasteiger partial charge in [-0.3, -0.25) is 4.79 Å². The first-order valence-corrected chi connectivity index (χ1v) is 4.52. The highest BCUT2D eigenvalue weighted by Crippen LogP contribution is 1.84. The highest BCUT2D eigenvalue weighted by atomic mass is 32.1. The first-order valence-electron chi connectivity index (χ1n) is 3.89. The maximum atomic E-state index is 10.8. The van der Waals surface area contributed by atoms with Crippen LogP contribution < -0.4 is 5.32 Å². The van der Waals surface area contributed by atoms with Crippen LogP contribution in [0.5, 0.6) is 0 Å². The molecule has 0 spiro atoms. The molecule has 0 aliphatic carbocycles. The lowest BCUT2D eigenvalue weighted by atomic mass is 10.4. The van der Waals surface area contributed by atoms with E-state index in [0.29, 0.717) is 13.0 Å². The molecule has 0 aliphatic rings. The highest BCUT2D eigenvalue weighted by Gasteiger charge is 2.00. The molecule has 0 amide bonds. The molecule has 0 fully saturated rings. The summed E-state index contributed by atoms with van der Waals surface area (Å²) in [6.07, 6.45) is 0.341. The molecule has 0 saturated heterocycles. The van der Waals surface area contributed by atoms with Crippen molar-refractivity contribution in [3.63, 3.8) is 0 Å². The van der Waals surface area contributed by atoms with Gasteiger partial charge in [-0.05, 0) is 0 Å². The summed E-state index contributed by atoms with van der Waals surface area (Å²) in [7, 11) is 0. The van der Waals surface area contributed by atoms with Crippen LogP contribution in [0.15, 0.2) is 0 Å². The van der Waals surface area contributed by atoms with Crippen molar-refractivity contribution in [1.29, 1.82) is 0 Å². The van der Waals surface area contributed by atoms with Crippen LogP contribution in [0.25, 0.3) is 0 Å². The van der Waals surface area contributed by atoms with Crippen LogP contribution in [0.4, 0.5) is 0 Å². The Kier molecular flexibility index (Phi) is 8.64. The van der Waals surface area contributed by atoms with Gasteiger partial charge in [-0.2, -0.15) is 12.6 Å². The number of carbonyl (C=O) groups is 1. The average molecular weight is 193 g/mol. The number of nitrogens with one attached hydrogen (secondary N) is 1. The predicted octanol–water partition coefficient (Wildman–Crippen LogP) is -0.569. The second-order valence-electron chi connectivity index (χ2n) is 2.17. The Hall–Kier alpha value is -0.260. The first-order chi connectivity index (χ1) is 5.81. The monoisotopic (exact) mass is 193 g/mol. The Morgan fingerprint density at radius 3 is 2.83 bits per heavy atom. The molecule has 0 saturated carbocycles. The van der Waals surface area contributed by atoms with Crippen LogP contribution in [-0.2, 0) is 9.53 Å².